The number of esters is 1. The Hall–Kier alpha value is -1.15. The van der Waals surface area contributed by atoms with Crippen molar-refractivity contribution < 1.29 is 32.4 Å². The molecule has 112 valence electrons. The van der Waals surface area contributed by atoms with Crippen molar-refractivity contribution in [3.8, 4) is 0 Å². The maximum Gasteiger partial charge on any atom is 0.327 e. The molecule has 0 spiro atoms. The van der Waals surface area contributed by atoms with Crippen molar-refractivity contribution in [3.63, 3.8) is 0 Å². The number of hydrogen-bond donors (Lipinski definition) is 2. The standard InChI is InChI=1S/C11H20O7S/c1-2-3-4-5-6-7-18-11(14)9(8-10(12)13)19(15,16)17/h9H,2-8H2,1H3,(H,12,13)(H,15,16,17). The van der Waals surface area contributed by atoms with Crippen LogP contribution in [0.3, 0.4) is 0 Å². The van der Waals surface area contributed by atoms with Gasteiger partial charge in [0.15, 0.2) is 5.25 Å². The largest absolute Gasteiger partial charge is 0.481 e. The van der Waals surface area contributed by atoms with E-state index in [1.54, 1.807) is 0 Å². The van der Waals surface area contributed by atoms with E-state index in [1.165, 1.54) is 0 Å². The summed E-state index contributed by atoms with van der Waals surface area (Å²) in [4.78, 5) is 21.8. The topological polar surface area (TPSA) is 118 Å². The first kappa shape index (κ1) is 17.8. The van der Waals surface area contributed by atoms with Gasteiger partial charge in [0, 0.05) is 0 Å². The molecule has 0 aromatic carbocycles. The molecule has 2 N–H and O–H groups in total. The number of unbranched alkanes of at least 4 members (excludes halogenated alkanes) is 4. The Bertz CT molecular complexity index is 388. The Balaban J connectivity index is 4.16. The van der Waals surface area contributed by atoms with Gasteiger partial charge in [-0.3, -0.25) is 14.1 Å². The van der Waals surface area contributed by atoms with Crippen molar-refractivity contribution in [1.82, 2.24) is 0 Å². The average molecular weight is 296 g/mol. The highest BCUT2D eigenvalue weighted by Gasteiger charge is 2.34. The van der Waals surface area contributed by atoms with Crippen molar-refractivity contribution in [1.29, 1.82) is 0 Å². The fraction of sp³-hybridized carbons (Fsp3) is 0.818. The molecule has 19 heavy (non-hydrogen) atoms. The number of carboxylic acid groups (broad SMARTS) is 1. The number of rotatable bonds is 10. The number of carbonyl (C=O) groups is 2. The van der Waals surface area contributed by atoms with E-state index in [-0.39, 0.29) is 6.61 Å². The molecular weight excluding hydrogens is 276 g/mol. The molecule has 0 aliphatic carbocycles. The lowest BCUT2D eigenvalue weighted by molar-refractivity contribution is -0.147. The highest BCUT2D eigenvalue weighted by molar-refractivity contribution is 7.87. The average Bonchev–Trinajstić information content (AvgIpc) is 2.28. The molecule has 0 aromatic rings. The third-order valence-corrected chi connectivity index (χ3v) is 3.55. The number of hydrogen-bond acceptors (Lipinski definition) is 5. The van der Waals surface area contributed by atoms with Crippen molar-refractivity contribution in [2.45, 2.75) is 50.7 Å². The minimum Gasteiger partial charge on any atom is -0.481 e. The van der Waals surface area contributed by atoms with Crippen LogP contribution in [0.15, 0.2) is 0 Å². The Morgan fingerprint density at radius 3 is 2.21 bits per heavy atom. The summed E-state index contributed by atoms with van der Waals surface area (Å²) in [6.45, 7) is 2.08. The van der Waals surface area contributed by atoms with Crippen LogP contribution in [0.25, 0.3) is 0 Å². The zero-order valence-electron chi connectivity index (χ0n) is 10.9. The summed E-state index contributed by atoms with van der Waals surface area (Å²) in [7, 11) is -4.77. The molecule has 0 fully saturated rings. The second kappa shape index (κ2) is 8.87. The predicted molar refractivity (Wildman–Crippen MR) is 67.3 cm³/mol. The molecule has 0 aromatic heterocycles. The van der Waals surface area contributed by atoms with Gasteiger partial charge in [-0.1, -0.05) is 32.6 Å². The molecule has 0 saturated heterocycles. The number of aliphatic carboxylic acids is 1. The van der Waals surface area contributed by atoms with Crippen LogP contribution in [-0.2, 0) is 24.4 Å². The molecule has 1 unspecified atom stereocenters. The SMILES string of the molecule is CCCCCCCOC(=O)C(CC(=O)O)S(=O)(=O)O. The minimum atomic E-state index is -4.77. The number of ether oxygens (including phenoxy) is 1. The highest BCUT2D eigenvalue weighted by atomic mass is 32.2. The first-order chi connectivity index (χ1) is 8.79. The van der Waals surface area contributed by atoms with Gasteiger partial charge in [0.25, 0.3) is 10.1 Å². The van der Waals surface area contributed by atoms with Crippen LogP contribution >= 0.6 is 0 Å². The Kier molecular flexibility index (Phi) is 8.33. The molecule has 0 radical (unpaired) electrons. The monoisotopic (exact) mass is 296 g/mol. The van der Waals surface area contributed by atoms with Crippen molar-refractivity contribution >= 4 is 22.1 Å². The first-order valence-electron chi connectivity index (χ1n) is 6.13. The highest BCUT2D eigenvalue weighted by Crippen LogP contribution is 2.09. The van der Waals surface area contributed by atoms with Gasteiger partial charge in [-0.15, -0.1) is 0 Å². The van der Waals surface area contributed by atoms with Crippen molar-refractivity contribution in [2.75, 3.05) is 6.61 Å². The predicted octanol–water partition coefficient (Wildman–Crippen LogP) is 1.23. The van der Waals surface area contributed by atoms with Gasteiger partial charge in [0.05, 0.1) is 13.0 Å². The molecule has 0 aliphatic rings. The maximum atomic E-state index is 11.4. The molecule has 1 atom stereocenters. The molecule has 0 aliphatic heterocycles. The lowest BCUT2D eigenvalue weighted by Gasteiger charge is -2.11. The molecule has 8 heteroatoms. The maximum absolute atomic E-state index is 11.4. The normalized spacial score (nSPS) is 12.9. The van der Waals surface area contributed by atoms with E-state index in [0.717, 1.165) is 25.7 Å². The molecule has 0 rings (SSSR count). The smallest absolute Gasteiger partial charge is 0.327 e. The summed E-state index contributed by atoms with van der Waals surface area (Å²) in [5, 5.41) is 6.43. The molecule has 0 bridgehead atoms. The second-order valence-electron chi connectivity index (χ2n) is 4.18. The van der Waals surface area contributed by atoms with Gasteiger partial charge in [-0.2, -0.15) is 8.42 Å². The van der Waals surface area contributed by atoms with Gasteiger partial charge in [-0.05, 0) is 6.42 Å². The van der Waals surface area contributed by atoms with Gasteiger partial charge >= 0.3 is 11.9 Å². The van der Waals surface area contributed by atoms with E-state index in [1.807, 2.05) is 0 Å². The summed E-state index contributed by atoms with van der Waals surface area (Å²) in [5.41, 5.74) is 0. The fourth-order valence-corrected chi connectivity index (χ4v) is 2.10. The minimum absolute atomic E-state index is 0.0220. The Labute approximate surface area is 112 Å². The Morgan fingerprint density at radius 2 is 1.74 bits per heavy atom. The van der Waals surface area contributed by atoms with E-state index >= 15 is 0 Å². The summed E-state index contributed by atoms with van der Waals surface area (Å²) < 4.78 is 35.2. The summed E-state index contributed by atoms with van der Waals surface area (Å²) in [6.07, 6.45) is 3.55. The summed E-state index contributed by atoms with van der Waals surface area (Å²) in [5.74, 6) is -2.72. The van der Waals surface area contributed by atoms with E-state index in [4.69, 9.17) is 9.66 Å². The van der Waals surface area contributed by atoms with Crippen LogP contribution in [0, 0.1) is 0 Å². The van der Waals surface area contributed by atoms with Crippen LogP contribution in [0.5, 0.6) is 0 Å². The van der Waals surface area contributed by atoms with Crippen LogP contribution in [0.4, 0.5) is 0 Å². The lowest BCUT2D eigenvalue weighted by Crippen LogP contribution is -2.34. The first-order valence-corrected chi connectivity index (χ1v) is 7.64. The van der Waals surface area contributed by atoms with Crippen molar-refractivity contribution in [2.24, 2.45) is 0 Å². The van der Waals surface area contributed by atoms with E-state index in [9.17, 15) is 18.0 Å². The fourth-order valence-electron chi connectivity index (χ4n) is 1.44. The molecule has 0 heterocycles. The van der Waals surface area contributed by atoms with Gasteiger partial charge in [0.2, 0.25) is 0 Å². The molecular formula is C11H20O7S. The Morgan fingerprint density at radius 1 is 1.16 bits per heavy atom. The zero-order valence-corrected chi connectivity index (χ0v) is 11.7. The van der Waals surface area contributed by atoms with Crippen LogP contribution in [-0.4, -0.2) is 41.9 Å². The van der Waals surface area contributed by atoms with Gasteiger partial charge in [0.1, 0.15) is 0 Å². The van der Waals surface area contributed by atoms with Crippen LogP contribution in [0.1, 0.15) is 45.4 Å². The quantitative estimate of drug-likeness (QED) is 0.353. The molecule has 7 nitrogen and oxygen atoms in total. The number of carboxylic acids is 1. The molecule has 0 saturated carbocycles. The summed E-state index contributed by atoms with van der Waals surface area (Å²) >= 11 is 0. The zero-order chi connectivity index (χ0) is 14.9. The van der Waals surface area contributed by atoms with Gasteiger partial charge < -0.3 is 9.84 Å². The lowest BCUT2D eigenvalue weighted by atomic mass is 10.2. The number of carbonyl (C=O) groups excluding carboxylic acids is 1. The van der Waals surface area contributed by atoms with Crippen LogP contribution < -0.4 is 0 Å². The third kappa shape index (κ3) is 8.55. The van der Waals surface area contributed by atoms with E-state index in [2.05, 4.69) is 11.7 Å². The molecule has 0 amide bonds. The third-order valence-electron chi connectivity index (χ3n) is 2.47. The van der Waals surface area contributed by atoms with Crippen LogP contribution in [0.2, 0.25) is 0 Å². The van der Waals surface area contributed by atoms with E-state index < -0.39 is 33.7 Å². The van der Waals surface area contributed by atoms with Crippen molar-refractivity contribution in [3.05, 3.63) is 0 Å². The second-order valence-corrected chi connectivity index (χ2v) is 5.78. The van der Waals surface area contributed by atoms with E-state index in [0.29, 0.717) is 6.42 Å². The van der Waals surface area contributed by atoms with Gasteiger partial charge in [-0.25, -0.2) is 0 Å². The summed E-state index contributed by atoms with van der Waals surface area (Å²) in [6, 6.07) is 0.